The van der Waals surface area contributed by atoms with Gasteiger partial charge in [0.1, 0.15) is 5.16 Å². The number of benzene rings is 1. The molecule has 4 nitrogen and oxygen atoms in total. The normalized spacial score (nSPS) is 16.3. The smallest absolute Gasteiger partial charge is 0.145 e. The molecule has 1 aromatic carbocycles. The molecule has 0 spiro atoms. The highest BCUT2D eigenvalue weighted by atomic mass is 35.5. The number of hydroxylamine groups is 1. The highest BCUT2D eigenvalue weighted by Crippen LogP contribution is 2.22. The lowest BCUT2D eigenvalue weighted by atomic mass is 10.3. The van der Waals surface area contributed by atoms with Crippen molar-refractivity contribution in [3.8, 4) is 0 Å². The van der Waals surface area contributed by atoms with Crippen LogP contribution in [0, 0.1) is 0 Å². The molecular weight excluding hydrogens is 190 g/mol. The predicted octanol–water partition coefficient (Wildman–Crippen LogP) is 1.66. The number of hydrogen-bond donors (Lipinski definition) is 2. The molecule has 2 rings (SSSR count). The molecule has 0 atom stereocenters. The molecule has 1 aliphatic heterocycles. The van der Waals surface area contributed by atoms with Crippen LogP contribution in [-0.2, 0) is 0 Å². The van der Waals surface area contributed by atoms with E-state index >= 15 is 0 Å². The quantitative estimate of drug-likeness (QED) is 0.672. The molecular formula is C8H8ClN3O. The van der Waals surface area contributed by atoms with Crippen LogP contribution < -0.4 is 10.5 Å². The molecule has 13 heavy (non-hydrogen) atoms. The molecule has 0 radical (unpaired) electrons. The maximum atomic E-state index is 9.05. The lowest BCUT2D eigenvalue weighted by molar-refractivity contribution is -0.0791. The molecule has 5 heteroatoms. The van der Waals surface area contributed by atoms with Crippen LogP contribution in [0.15, 0.2) is 41.7 Å². The molecule has 1 aliphatic rings. The maximum Gasteiger partial charge on any atom is 0.145 e. The molecule has 1 aromatic rings. The summed E-state index contributed by atoms with van der Waals surface area (Å²) in [6.45, 7) is 0. The third-order valence-electron chi connectivity index (χ3n) is 1.66. The van der Waals surface area contributed by atoms with Crippen molar-refractivity contribution in [2.75, 3.05) is 5.01 Å². The Labute approximate surface area is 80.5 Å². The first-order valence-electron chi connectivity index (χ1n) is 3.74. The standard InChI is InChI=1S/C8H8ClN3O/c9-8-6-11(13)10-12(8)7-4-2-1-3-5-7/h1-6,10,13H. The summed E-state index contributed by atoms with van der Waals surface area (Å²) in [6, 6.07) is 9.45. The van der Waals surface area contributed by atoms with Gasteiger partial charge in [0.15, 0.2) is 0 Å². The fraction of sp³-hybridized carbons (Fsp3) is 0. The fourth-order valence-corrected chi connectivity index (χ4v) is 1.32. The van der Waals surface area contributed by atoms with Gasteiger partial charge >= 0.3 is 0 Å². The van der Waals surface area contributed by atoms with Crippen LogP contribution in [-0.4, -0.2) is 10.4 Å². The predicted molar refractivity (Wildman–Crippen MR) is 49.6 cm³/mol. The first kappa shape index (κ1) is 8.37. The highest BCUT2D eigenvalue weighted by Gasteiger charge is 2.18. The van der Waals surface area contributed by atoms with Crippen LogP contribution in [0.25, 0.3) is 0 Å². The Balaban J connectivity index is 2.25. The molecule has 0 aromatic heterocycles. The third kappa shape index (κ3) is 1.60. The SMILES string of the molecule is ON1C=C(Cl)N(c2ccccc2)N1. The Morgan fingerprint density at radius 1 is 1.23 bits per heavy atom. The Hall–Kier alpha value is -1.23. The molecule has 1 heterocycles. The van der Waals surface area contributed by atoms with Crippen molar-refractivity contribution in [3.63, 3.8) is 0 Å². The van der Waals surface area contributed by atoms with Crippen LogP contribution in [0.4, 0.5) is 5.69 Å². The molecule has 0 unspecified atom stereocenters. The van der Waals surface area contributed by atoms with Gasteiger partial charge in [0.2, 0.25) is 0 Å². The molecule has 0 saturated heterocycles. The number of hydrogen-bond acceptors (Lipinski definition) is 4. The van der Waals surface area contributed by atoms with E-state index in [0.717, 1.165) is 10.9 Å². The monoisotopic (exact) mass is 197 g/mol. The van der Waals surface area contributed by atoms with Gasteiger partial charge in [0, 0.05) is 0 Å². The Kier molecular flexibility index (Phi) is 2.10. The molecule has 0 fully saturated rings. The van der Waals surface area contributed by atoms with Gasteiger partial charge in [-0.05, 0) is 12.1 Å². The van der Waals surface area contributed by atoms with Crippen molar-refractivity contribution in [1.29, 1.82) is 0 Å². The number of rotatable bonds is 1. The Morgan fingerprint density at radius 3 is 2.46 bits per heavy atom. The molecule has 2 N–H and O–H groups in total. The van der Waals surface area contributed by atoms with E-state index in [1.807, 2.05) is 30.3 Å². The maximum absolute atomic E-state index is 9.05. The van der Waals surface area contributed by atoms with Crippen LogP contribution in [0.1, 0.15) is 0 Å². The molecule has 0 amide bonds. The summed E-state index contributed by atoms with van der Waals surface area (Å²) < 4.78 is 0. The summed E-state index contributed by atoms with van der Waals surface area (Å²) in [5.41, 5.74) is 3.48. The van der Waals surface area contributed by atoms with Crippen LogP contribution in [0.3, 0.4) is 0 Å². The summed E-state index contributed by atoms with van der Waals surface area (Å²) in [7, 11) is 0. The van der Waals surface area contributed by atoms with Crippen molar-refractivity contribution in [3.05, 3.63) is 41.7 Å². The van der Waals surface area contributed by atoms with Gasteiger partial charge in [-0.3, -0.25) is 5.21 Å². The largest absolute Gasteiger partial charge is 0.272 e. The van der Waals surface area contributed by atoms with E-state index < -0.39 is 0 Å². The summed E-state index contributed by atoms with van der Waals surface area (Å²) in [5, 5.41) is 11.8. The van der Waals surface area contributed by atoms with Crippen molar-refractivity contribution in [2.24, 2.45) is 0 Å². The van der Waals surface area contributed by atoms with Crippen LogP contribution in [0.2, 0.25) is 0 Å². The second-order valence-corrected chi connectivity index (χ2v) is 2.95. The summed E-state index contributed by atoms with van der Waals surface area (Å²) in [5.74, 6) is 0. The number of hydrazine groups is 2. The highest BCUT2D eigenvalue weighted by molar-refractivity contribution is 6.31. The average molecular weight is 198 g/mol. The minimum Gasteiger partial charge on any atom is -0.272 e. The molecule has 68 valence electrons. The number of para-hydroxylation sites is 1. The van der Waals surface area contributed by atoms with Crippen molar-refractivity contribution >= 4 is 17.3 Å². The van der Waals surface area contributed by atoms with Gasteiger partial charge in [0.25, 0.3) is 0 Å². The van der Waals surface area contributed by atoms with Crippen LogP contribution in [0.5, 0.6) is 0 Å². The van der Waals surface area contributed by atoms with Gasteiger partial charge in [-0.15, -0.1) is 5.53 Å². The van der Waals surface area contributed by atoms with Crippen molar-refractivity contribution < 1.29 is 5.21 Å². The zero-order valence-electron chi connectivity index (χ0n) is 6.68. The van der Waals surface area contributed by atoms with Crippen LogP contribution >= 0.6 is 11.6 Å². The summed E-state index contributed by atoms with van der Waals surface area (Å²) in [4.78, 5) is 0. The average Bonchev–Trinajstić information content (AvgIpc) is 2.47. The van der Waals surface area contributed by atoms with Crippen molar-refractivity contribution in [2.45, 2.75) is 0 Å². The van der Waals surface area contributed by atoms with E-state index in [1.165, 1.54) is 6.20 Å². The Morgan fingerprint density at radius 2 is 1.92 bits per heavy atom. The number of nitrogens with one attached hydrogen (secondary N) is 1. The fourth-order valence-electron chi connectivity index (χ4n) is 1.10. The number of nitrogens with zero attached hydrogens (tertiary/aromatic N) is 2. The van der Waals surface area contributed by atoms with E-state index in [9.17, 15) is 0 Å². The van der Waals surface area contributed by atoms with E-state index in [2.05, 4.69) is 5.53 Å². The minimum absolute atomic E-state index is 0.411. The number of halogens is 1. The summed E-state index contributed by atoms with van der Waals surface area (Å²) in [6.07, 6.45) is 1.37. The third-order valence-corrected chi connectivity index (χ3v) is 1.93. The topological polar surface area (TPSA) is 38.7 Å². The van der Waals surface area contributed by atoms with E-state index in [-0.39, 0.29) is 0 Å². The summed E-state index contributed by atoms with van der Waals surface area (Å²) >= 11 is 5.83. The molecule has 0 saturated carbocycles. The van der Waals surface area contributed by atoms with Gasteiger partial charge in [0.05, 0.1) is 11.9 Å². The van der Waals surface area contributed by atoms with Crippen molar-refractivity contribution in [1.82, 2.24) is 10.7 Å². The van der Waals surface area contributed by atoms with Gasteiger partial charge < -0.3 is 0 Å². The first-order valence-corrected chi connectivity index (χ1v) is 4.12. The second-order valence-electron chi connectivity index (χ2n) is 2.57. The van der Waals surface area contributed by atoms with E-state index in [1.54, 1.807) is 5.01 Å². The van der Waals surface area contributed by atoms with E-state index in [4.69, 9.17) is 16.8 Å². The number of anilines is 1. The zero-order valence-corrected chi connectivity index (χ0v) is 7.44. The van der Waals surface area contributed by atoms with E-state index in [0.29, 0.717) is 5.16 Å². The second kappa shape index (κ2) is 3.26. The van der Waals surface area contributed by atoms with Gasteiger partial charge in [-0.1, -0.05) is 29.8 Å². The van der Waals surface area contributed by atoms with Gasteiger partial charge in [-0.25, -0.2) is 5.01 Å². The lowest BCUT2D eigenvalue weighted by Crippen LogP contribution is -2.38. The van der Waals surface area contributed by atoms with Gasteiger partial charge in [-0.2, -0.15) is 5.17 Å². The first-order chi connectivity index (χ1) is 6.27. The lowest BCUT2D eigenvalue weighted by Gasteiger charge is -2.19. The minimum atomic E-state index is 0.411. The molecule has 0 aliphatic carbocycles. The Bertz CT molecular complexity index is 327. The zero-order chi connectivity index (χ0) is 9.26. The molecule has 0 bridgehead atoms.